The predicted octanol–water partition coefficient (Wildman–Crippen LogP) is 3.62. The summed E-state index contributed by atoms with van der Waals surface area (Å²) in [6.45, 7) is 3.76. The minimum absolute atomic E-state index is 0.190. The molecule has 2 rings (SSSR count). The van der Waals surface area contributed by atoms with Gasteiger partial charge in [0.25, 0.3) is 0 Å². The Morgan fingerprint density at radius 3 is 3.00 bits per heavy atom. The third-order valence-corrected chi connectivity index (χ3v) is 3.47. The monoisotopic (exact) mass is 239 g/mol. The fourth-order valence-electron chi connectivity index (χ4n) is 1.58. The van der Waals surface area contributed by atoms with Gasteiger partial charge >= 0.3 is 0 Å². The largest absolute Gasteiger partial charge is 0.311 e. The minimum atomic E-state index is 0.190. The van der Waals surface area contributed by atoms with Gasteiger partial charge in [-0.15, -0.1) is 22.9 Å². The van der Waals surface area contributed by atoms with Crippen LogP contribution < -0.4 is 5.32 Å². The van der Waals surface area contributed by atoms with Crippen LogP contribution in [0.5, 0.6) is 0 Å². The van der Waals surface area contributed by atoms with Gasteiger partial charge in [-0.25, -0.2) is 0 Å². The van der Waals surface area contributed by atoms with Gasteiger partial charge in [-0.3, -0.25) is 0 Å². The molecule has 0 saturated heterocycles. The molecule has 1 atom stereocenters. The van der Waals surface area contributed by atoms with Crippen LogP contribution in [0.1, 0.15) is 12.5 Å². The molecule has 0 aliphatic carbocycles. The van der Waals surface area contributed by atoms with E-state index in [9.17, 15) is 0 Å². The van der Waals surface area contributed by atoms with E-state index in [1.165, 1.54) is 15.6 Å². The smallest absolute Gasteiger partial charge is 0.0432 e. The van der Waals surface area contributed by atoms with Gasteiger partial charge in [0, 0.05) is 23.2 Å². The molecule has 80 valence electrons. The van der Waals surface area contributed by atoms with Crippen LogP contribution in [-0.2, 0) is 6.54 Å². The average molecular weight is 240 g/mol. The van der Waals surface area contributed by atoms with Crippen molar-refractivity contribution in [2.75, 3.05) is 6.54 Å². The molecular formula is C12H14ClNS. The van der Waals surface area contributed by atoms with Gasteiger partial charge < -0.3 is 5.32 Å². The van der Waals surface area contributed by atoms with E-state index in [4.69, 9.17) is 11.6 Å². The molecule has 0 aliphatic rings. The Hall–Kier alpha value is -0.570. The van der Waals surface area contributed by atoms with Crippen molar-refractivity contribution in [2.24, 2.45) is 0 Å². The Kier molecular flexibility index (Phi) is 3.62. The highest BCUT2D eigenvalue weighted by Crippen LogP contribution is 2.25. The first kappa shape index (κ1) is 10.9. The van der Waals surface area contributed by atoms with Crippen molar-refractivity contribution in [1.82, 2.24) is 5.32 Å². The van der Waals surface area contributed by atoms with E-state index < -0.39 is 0 Å². The summed E-state index contributed by atoms with van der Waals surface area (Å²) < 4.78 is 1.35. The molecule has 3 heteroatoms. The number of thiophene rings is 1. The third kappa shape index (κ3) is 2.71. The molecule has 0 saturated carbocycles. The molecule has 1 aromatic heterocycles. The first-order valence-electron chi connectivity index (χ1n) is 5.07. The van der Waals surface area contributed by atoms with E-state index in [0.29, 0.717) is 0 Å². The number of halogens is 1. The molecule has 0 radical (unpaired) electrons. The predicted molar refractivity (Wildman–Crippen MR) is 68.8 cm³/mol. The highest BCUT2D eigenvalue weighted by Gasteiger charge is 2.03. The van der Waals surface area contributed by atoms with E-state index in [2.05, 4.69) is 35.0 Å². The molecule has 0 amide bonds. The zero-order valence-corrected chi connectivity index (χ0v) is 10.2. The lowest BCUT2D eigenvalue weighted by molar-refractivity contribution is 0.683. The van der Waals surface area contributed by atoms with Crippen LogP contribution in [0, 0.1) is 0 Å². The van der Waals surface area contributed by atoms with Gasteiger partial charge in [0.1, 0.15) is 0 Å². The SMILES string of the molecule is CC(Cl)CNCc1csc2ccccc12. The summed E-state index contributed by atoms with van der Waals surface area (Å²) in [5.41, 5.74) is 1.37. The lowest BCUT2D eigenvalue weighted by atomic mass is 10.2. The van der Waals surface area contributed by atoms with Crippen molar-refractivity contribution in [3.05, 3.63) is 35.2 Å². The molecule has 0 fully saturated rings. The van der Waals surface area contributed by atoms with E-state index >= 15 is 0 Å². The second-order valence-corrected chi connectivity index (χ2v) is 5.33. The van der Waals surface area contributed by atoms with Crippen LogP contribution in [-0.4, -0.2) is 11.9 Å². The molecule has 1 N–H and O–H groups in total. The van der Waals surface area contributed by atoms with Crippen molar-refractivity contribution in [1.29, 1.82) is 0 Å². The third-order valence-electron chi connectivity index (χ3n) is 2.30. The van der Waals surface area contributed by atoms with E-state index in [0.717, 1.165) is 13.1 Å². The highest BCUT2D eigenvalue weighted by atomic mass is 35.5. The molecule has 1 unspecified atom stereocenters. The zero-order chi connectivity index (χ0) is 10.7. The maximum Gasteiger partial charge on any atom is 0.0432 e. The van der Waals surface area contributed by atoms with Gasteiger partial charge in [-0.1, -0.05) is 18.2 Å². The summed E-state index contributed by atoms with van der Waals surface area (Å²) in [4.78, 5) is 0. The number of alkyl halides is 1. The molecule has 2 aromatic rings. The van der Waals surface area contributed by atoms with Gasteiger partial charge in [-0.05, 0) is 29.3 Å². The molecule has 1 heterocycles. The van der Waals surface area contributed by atoms with Crippen LogP contribution in [0.4, 0.5) is 0 Å². The molecular weight excluding hydrogens is 226 g/mol. The van der Waals surface area contributed by atoms with Gasteiger partial charge in [0.05, 0.1) is 0 Å². The fraction of sp³-hybridized carbons (Fsp3) is 0.333. The molecule has 15 heavy (non-hydrogen) atoms. The van der Waals surface area contributed by atoms with Crippen LogP contribution in [0.3, 0.4) is 0 Å². The summed E-state index contributed by atoms with van der Waals surface area (Å²) >= 11 is 7.68. The van der Waals surface area contributed by atoms with E-state index in [1.54, 1.807) is 11.3 Å². The van der Waals surface area contributed by atoms with Crippen LogP contribution in [0.25, 0.3) is 10.1 Å². The van der Waals surface area contributed by atoms with E-state index in [-0.39, 0.29) is 5.38 Å². The first-order valence-corrected chi connectivity index (χ1v) is 6.39. The zero-order valence-electron chi connectivity index (χ0n) is 8.66. The molecule has 1 nitrogen and oxygen atoms in total. The summed E-state index contributed by atoms with van der Waals surface area (Å²) in [7, 11) is 0. The number of benzene rings is 1. The number of hydrogen-bond donors (Lipinski definition) is 1. The fourth-order valence-corrected chi connectivity index (χ4v) is 2.65. The normalized spacial score (nSPS) is 13.2. The minimum Gasteiger partial charge on any atom is -0.311 e. The Morgan fingerprint density at radius 1 is 1.40 bits per heavy atom. The molecule has 0 spiro atoms. The van der Waals surface area contributed by atoms with Crippen molar-refractivity contribution >= 4 is 33.0 Å². The Labute approximate surface area is 99.1 Å². The second-order valence-electron chi connectivity index (χ2n) is 3.67. The van der Waals surface area contributed by atoms with Gasteiger partial charge in [0.2, 0.25) is 0 Å². The Morgan fingerprint density at radius 2 is 2.20 bits per heavy atom. The quantitative estimate of drug-likeness (QED) is 0.804. The van der Waals surface area contributed by atoms with E-state index in [1.807, 2.05) is 6.92 Å². The van der Waals surface area contributed by atoms with Crippen molar-refractivity contribution in [3.63, 3.8) is 0 Å². The number of fused-ring (bicyclic) bond motifs is 1. The average Bonchev–Trinajstić information content (AvgIpc) is 2.62. The highest BCUT2D eigenvalue weighted by molar-refractivity contribution is 7.17. The lowest BCUT2D eigenvalue weighted by Gasteiger charge is -2.04. The second kappa shape index (κ2) is 4.97. The maximum atomic E-state index is 5.88. The number of rotatable bonds is 4. The Balaban J connectivity index is 2.08. The summed E-state index contributed by atoms with van der Waals surface area (Å²) in [6, 6.07) is 8.50. The van der Waals surface area contributed by atoms with Crippen molar-refractivity contribution in [2.45, 2.75) is 18.8 Å². The lowest BCUT2D eigenvalue weighted by Crippen LogP contribution is -2.20. The van der Waals surface area contributed by atoms with Crippen molar-refractivity contribution < 1.29 is 0 Å². The molecule has 0 aliphatic heterocycles. The molecule has 0 bridgehead atoms. The Bertz CT molecular complexity index is 436. The van der Waals surface area contributed by atoms with Gasteiger partial charge in [-0.2, -0.15) is 0 Å². The maximum absolute atomic E-state index is 5.88. The first-order chi connectivity index (χ1) is 7.27. The van der Waals surface area contributed by atoms with Gasteiger partial charge in [0.15, 0.2) is 0 Å². The summed E-state index contributed by atoms with van der Waals surface area (Å²) in [5, 5.41) is 7.12. The number of nitrogens with one attached hydrogen (secondary N) is 1. The van der Waals surface area contributed by atoms with Crippen LogP contribution in [0.2, 0.25) is 0 Å². The topological polar surface area (TPSA) is 12.0 Å². The number of hydrogen-bond acceptors (Lipinski definition) is 2. The van der Waals surface area contributed by atoms with Crippen molar-refractivity contribution in [3.8, 4) is 0 Å². The van der Waals surface area contributed by atoms with Crippen LogP contribution >= 0.6 is 22.9 Å². The molecule has 1 aromatic carbocycles. The summed E-state index contributed by atoms with van der Waals surface area (Å²) in [5.74, 6) is 0. The summed E-state index contributed by atoms with van der Waals surface area (Å²) in [6.07, 6.45) is 0. The standard InChI is InChI=1S/C12H14ClNS/c1-9(13)6-14-7-10-8-15-12-5-3-2-4-11(10)12/h2-5,8-9,14H,6-7H2,1H3. The van der Waals surface area contributed by atoms with Crippen LogP contribution in [0.15, 0.2) is 29.6 Å².